The molecule has 0 radical (unpaired) electrons. The van der Waals surface area contributed by atoms with E-state index in [1.165, 1.54) is 6.92 Å². The monoisotopic (exact) mass is 196 g/mol. The van der Waals surface area contributed by atoms with Crippen LogP contribution in [-0.2, 0) is 0 Å². The van der Waals surface area contributed by atoms with E-state index >= 15 is 0 Å². The van der Waals surface area contributed by atoms with Crippen molar-refractivity contribution in [1.29, 1.82) is 0 Å². The summed E-state index contributed by atoms with van der Waals surface area (Å²) in [5.41, 5.74) is 0. The molecule has 6 heteroatoms. The highest BCUT2D eigenvalue weighted by molar-refractivity contribution is 6.46. The van der Waals surface area contributed by atoms with E-state index in [1.807, 2.05) is 0 Å². The summed E-state index contributed by atoms with van der Waals surface area (Å²) in [7, 11) is 0. The lowest BCUT2D eigenvalue weighted by Gasteiger charge is -1.97. The van der Waals surface area contributed by atoms with Crippen LogP contribution in [0, 0.1) is 0 Å². The Bertz CT molecular complexity index is 62.2. The van der Waals surface area contributed by atoms with Crippen LogP contribution in [0.5, 0.6) is 0 Å². The quantitative estimate of drug-likeness (QED) is 0.580. The molecule has 0 saturated carbocycles. The zero-order chi connectivity index (χ0) is 9.00. The Labute approximate surface area is 67.4 Å². The van der Waals surface area contributed by atoms with Gasteiger partial charge in [-0.2, -0.15) is 8.78 Å². The fourth-order valence-electron chi connectivity index (χ4n) is 0. The highest BCUT2D eigenvalue weighted by Gasteiger charge is 2.11. The molecule has 0 heterocycles. The molecule has 0 aliphatic carbocycles. The van der Waals surface area contributed by atoms with Crippen molar-refractivity contribution in [2.24, 2.45) is 0 Å². The molecule has 2 N–H and O–H groups in total. The van der Waals surface area contributed by atoms with Crippen LogP contribution in [0.15, 0.2) is 0 Å². The third kappa shape index (κ3) is 3490. The molecule has 0 saturated heterocycles. The molecular formula is C4H8Cl2F2O2. The standard InChI is InChI=1S/C2H4Cl2O.C2H4F2O/c2*1-2(3,4)5/h2*5H,1H3. The predicted molar refractivity (Wildman–Crippen MR) is 35.2 cm³/mol. The zero-order valence-electron chi connectivity index (χ0n) is 5.41. The summed E-state index contributed by atoms with van der Waals surface area (Å²) in [4.78, 5) is 0. The number of halogens is 4. The van der Waals surface area contributed by atoms with E-state index in [1.54, 1.807) is 0 Å². The van der Waals surface area contributed by atoms with Crippen molar-refractivity contribution in [1.82, 2.24) is 0 Å². The maximum atomic E-state index is 10.6. The second kappa shape index (κ2) is 4.28. The van der Waals surface area contributed by atoms with Crippen LogP contribution in [0.4, 0.5) is 8.78 Å². The molecule has 0 atom stereocenters. The van der Waals surface area contributed by atoms with Crippen LogP contribution < -0.4 is 0 Å². The third-order valence-corrected chi connectivity index (χ3v) is 0. The molecule has 0 spiro atoms. The molecule has 0 fully saturated rings. The van der Waals surface area contributed by atoms with Gasteiger partial charge in [-0.25, -0.2) is 0 Å². The number of hydrogen-bond donors (Lipinski definition) is 2. The van der Waals surface area contributed by atoms with Crippen molar-refractivity contribution in [2.75, 3.05) is 0 Å². The second-order valence-corrected chi connectivity index (χ2v) is 3.35. The van der Waals surface area contributed by atoms with Gasteiger partial charge in [0, 0.05) is 6.92 Å². The molecule has 0 aromatic carbocycles. The van der Waals surface area contributed by atoms with Crippen LogP contribution in [0.25, 0.3) is 0 Å². The summed E-state index contributed by atoms with van der Waals surface area (Å²) in [6.45, 7) is 1.68. The summed E-state index contributed by atoms with van der Waals surface area (Å²) >= 11 is 9.70. The normalized spacial score (nSPS) is 12.0. The molecule has 64 valence electrons. The van der Waals surface area contributed by atoms with Gasteiger partial charge in [0.05, 0.1) is 0 Å². The predicted octanol–water partition coefficient (Wildman–Crippen LogP) is 1.72. The molecule has 0 aliphatic heterocycles. The molecule has 10 heavy (non-hydrogen) atoms. The molecule has 0 bridgehead atoms. The van der Waals surface area contributed by atoms with Gasteiger partial charge in [-0.05, 0) is 6.92 Å². The van der Waals surface area contributed by atoms with Gasteiger partial charge in [0.15, 0.2) is 0 Å². The van der Waals surface area contributed by atoms with Crippen molar-refractivity contribution in [3.8, 4) is 0 Å². The van der Waals surface area contributed by atoms with Crippen molar-refractivity contribution in [3.63, 3.8) is 0 Å². The van der Waals surface area contributed by atoms with Gasteiger partial charge < -0.3 is 10.2 Å². The Morgan fingerprint density at radius 1 is 1.10 bits per heavy atom. The molecule has 0 aliphatic rings. The van der Waals surface area contributed by atoms with Gasteiger partial charge in [0.25, 0.3) is 0 Å². The molecule has 0 aromatic heterocycles. The first kappa shape index (κ1) is 13.0. The van der Waals surface area contributed by atoms with Crippen molar-refractivity contribution in [2.45, 2.75) is 24.5 Å². The van der Waals surface area contributed by atoms with Crippen LogP contribution in [-0.4, -0.2) is 20.8 Å². The van der Waals surface area contributed by atoms with E-state index < -0.39 is 10.6 Å². The van der Waals surface area contributed by atoms with E-state index in [0.717, 1.165) is 0 Å². The van der Waals surface area contributed by atoms with Crippen molar-refractivity contribution < 1.29 is 19.0 Å². The number of alkyl halides is 4. The van der Waals surface area contributed by atoms with Crippen LogP contribution >= 0.6 is 23.2 Å². The number of aliphatic hydroxyl groups is 2. The highest BCUT2D eigenvalue weighted by Crippen LogP contribution is 2.12. The molecule has 2 nitrogen and oxygen atoms in total. The van der Waals surface area contributed by atoms with Gasteiger partial charge in [0.2, 0.25) is 4.52 Å². The average molecular weight is 197 g/mol. The Morgan fingerprint density at radius 2 is 1.10 bits per heavy atom. The summed E-state index contributed by atoms with van der Waals surface area (Å²) < 4.78 is 19.6. The van der Waals surface area contributed by atoms with Crippen LogP contribution in [0.2, 0.25) is 0 Å². The van der Waals surface area contributed by atoms with Crippen LogP contribution in [0.3, 0.4) is 0 Å². The van der Waals surface area contributed by atoms with Crippen molar-refractivity contribution >= 4 is 23.2 Å². The second-order valence-electron chi connectivity index (χ2n) is 1.68. The molecule has 0 aromatic rings. The first-order valence-corrected chi connectivity index (χ1v) is 2.96. The minimum atomic E-state index is -3.50. The number of rotatable bonds is 0. The molecule has 0 unspecified atom stereocenters. The molecular weight excluding hydrogens is 189 g/mol. The van der Waals surface area contributed by atoms with Gasteiger partial charge in [-0.15, -0.1) is 0 Å². The van der Waals surface area contributed by atoms with Gasteiger partial charge in [-0.1, -0.05) is 23.2 Å². The first-order chi connectivity index (χ1) is 4.00. The SMILES string of the molecule is CC(O)(Cl)Cl.CC(O)(F)F. The summed E-state index contributed by atoms with van der Waals surface area (Å²) in [6, 6.07) is 0. The summed E-state index contributed by atoms with van der Waals surface area (Å²) in [5.74, 6) is 0. The Kier molecular flexibility index (Phi) is 5.56. The smallest absolute Gasteiger partial charge is 0.350 e. The lowest BCUT2D eigenvalue weighted by Crippen LogP contribution is -2.04. The van der Waals surface area contributed by atoms with E-state index in [-0.39, 0.29) is 0 Å². The van der Waals surface area contributed by atoms with E-state index in [2.05, 4.69) is 0 Å². The van der Waals surface area contributed by atoms with Gasteiger partial charge >= 0.3 is 6.11 Å². The fraction of sp³-hybridized carbons (Fsp3) is 1.00. The summed E-state index contributed by atoms with van der Waals surface area (Å²) in [5, 5.41) is 15.2. The topological polar surface area (TPSA) is 40.5 Å². The fourth-order valence-corrected chi connectivity index (χ4v) is 0. The van der Waals surface area contributed by atoms with E-state index in [0.29, 0.717) is 6.92 Å². The largest absolute Gasteiger partial charge is 0.363 e. The van der Waals surface area contributed by atoms with Crippen molar-refractivity contribution in [3.05, 3.63) is 0 Å². The van der Waals surface area contributed by atoms with E-state index in [9.17, 15) is 8.78 Å². The number of hydrogen-bond acceptors (Lipinski definition) is 2. The molecule has 0 rings (SSSR count). The maximum Gasteiger partial charge on any atom is 0.350 e. The van der Waals surface area contributed by atoms with Gasteiger partial charge in [0.1, 0.15) is 0 Å². The van der Waals surface area contributed by atoms with E-state index in [4.69, 9.17) is 33.4 Å². The minimum absolute atomic E-state index is 0.410. The minimum Gasteiger partial charge on any atom is -0.363 e. The molecule has 0 amide bonds. The lowest BCUT2D eigenvalue weighted by molar-refractivity contribution is -0.181. The third-order valence-electron chi connectivity index (χ3n) is 0. The van der Waals surface area contributed by atoms with Crippen LogP contribution in [0.1, 0.15) is 13.8 Å². The highest BCUT2D eigenvalue weighted by atomic mass is 35.5. The Balaban J connectivity index is 0. The maximum absolute atomic E-state index is 10.6. The lowest BCUT2D eigenvalue weighted by atomic mass is 10.8. The Hall–Kier alpha value is 0.360. The first-order valence-electron chi connectivity index (χ1n) is 2.20. The average Bonchev–Trinajstić information content (AvgIpc) is 1.12. The summed E-state index contributed by atoms with van der Waals surface area (Å²) in [6.07, 6.45) is -3.50. The Morgan fingerprint density at radius 3 is 1.10 bits per heavy atom. The van der Waals surface area contributed by atoms with Gasteiger partial charge in [-0.3, -0.25) is 0 Å². The zero-order valence-corrected chi connectivity index (χ0v) is 6.92.